The molecule has 302 valence electrons. The number of nitrogens with two attached hydrogens (primary N) is 1. The number of terminal acetylenes is 1. The summed E-state index contributed by atoms with van der Waals surface area (Å²) < 4.78 is 16.0. The van der Waals surface area contributed by atoms with E-state index < -0.39 is 26.3 Å². The van der Waals surface area contributed by atoms with Gasteiger partial charge in [-0.25, -0.2) is 5.26 Å². The zero-order valence-electron chi connectivity index (χ0n) is 26.6. The molecule has 28 heteroatoms. The van der Waals surface area contributed by atoms with Crippen LogP contribution in [0, 0.1) is 70.6 Å². The van der Waals surface area contributed by atoms with Crippen LogP contribution in [0.2, 0.25) is 0 Å². The smallest absolute Gasteiger partial charge is 0.521 e. The van der Waals surface area contributed by atoms with E-state index in [0.717, 1.165) is 4.90 Å². The van der Waals surface area contributed by atoms with Gasteiger partial charge in [-0.2, -0.15) is 15.2 Å². The molecule has 0 saturated carbocycles. The quantitative estimate of drug-likeness (QED) is 0.0136. The number of rotatable bonds is 17. The maximum absolute atomic E-state index is 10.1. The Kier molecular flexibility index (Phi) is 45.8. The topological polar surface area (TPSA) is 364 Å². The molecule has 0 aromatic carbocycles. The van der Waals surface area contributed by atoms with E-state index in [9.17, 15) is 14.7 Å². The third-order valence-electron chi connectivity index (χ3n) is 2.94. The molecular weight excluding hydrogens is 726 g/mol. The molecule has 0 spiro atoms. The lowest BCUT2D eigenvalue weighted by Gasteiger charge is -2.25. The number of quaternary nitrogens is 1. The molecule has 3 atom stereocenters. The first kappa shape index (κ1) is 54.5. The van der Waals surface area contributed by atoms with Crippen molar-refractivity contribution in [1.29, 1.82) is 10.9 Å². The van der Waals surface area contributed by atoms with Gasteiger partial charge in [-0.05, 0) is 79.2 Å². The minimum atomic E-state index is -3.04. The molecule has 0 radical (unpaired) electrons. The predicted octanol–water partition coefficient (Wildman–Crippen LogP) is 0.748. The summed E-state index contributed by atoms with van der Waals surface area (Å²) in [7, 11) is 5.75. The number of likely N-dealkylation sites (N-methyl/N-ethyl adjacent to an activating group) is 2. The largest absolute Gasteiger partial charge is 0.565 e. The van der Waals surface area contributed by atoms with Gasteiger partial charge in [0.25, 0.3) is 0 Å². The van der Waals surface area contributed by atoms with Gasteiger partial charge in [0.05, 0.1) is 45.4 Å². The summed E-state index contributed by atoms with van der Waals surface area (Å²) in [4.78, 5) is 33.6. The average Bonchev–Trinajstić information content (AvgIpc) is 3.01. The predicted molar refractivity (Wildman–Crippen MR) is 182 cm³/mol. The summed E-state index contributed by atoms with van der Waals surface area (Å²) >= 11 is 0. The van der Waals surface area contributed by atoms with Gasteiger partial charge in [-0.3, -0.25) is 10.2 Å². The minimum absolute atomic E-state index is 0. The Morgan fingerprint density at radius 1 is 1.06 bits per heavy atom. The number of guanidine groups is 1. The van der Waals surface area contributed by atoms with Gasteiger partial charge in [0.1, 0.15) is 12.6 Å². The van der Waals surface area contributed by atoms with E-state index in [1.165, 1.54) is 7.05 Å². The van der Waals surface area contributed by atoms with E-state index in [4.69, 9.17) is 48.0 Å². The van der Waals surface area contributed by atoms with Crippen molar-refractivity contribution in [2.75, 3.05) is 41.3 Å². The Balaban J connectivity index is -0.0000000265. The van der Waals surface area contributed by atoms with Gasteiger partial charge in [-0.15, -0.1) is 6.42 Å². The van der Waals surface area contributed by atoms with Gasteiger partial charge >= 0.3 is 14.2 Å². The molecule has 50 heavy (non-hydrogen) atoms. The second-order valence-electron chi connectivity index (χ2n) is 7.83. The molecule has 0 aromatic heterocycles. The third-order valence-corrected chi connectivity index (χ3v) is 3.15. The van der Waals surface area contributed by atoms with Crippen LogP contribution in [0.5, 0.6) is 0 Å². The van der Waals surface area contributed by atoms with Crippen LogP contribution >= 0.6 is 17.7 Å². The van der Waals surface area contributed by atoms with E-state index in [1.807, 2.05) is 21.1 Å². The van der Waals surface area contributed by atoms with Gasteiger partial charge in [0.2, 0.25) is 0 Å². The standard InChI is InChI=1S/C11H4.C7H15NO3.C4H9N3O2.H3N4O9P.HO4P.12H2/c1-3-5-7-9-11-10-8-6-4-2;1-8(2,3)5-6(9)4-7(10)11;1-7(4(5)6)2-3(8)9;1-2-3-4-5-6-7-8-9-10-11-12-13-14;1-4-5(2)3;;;;;;;;;;;;/h1H,2H3;6,9H,4-5H2,1-3H3;2H2,1H3,(H3,5,6)(H,8,9);1H,14H2;1H;12*1H/b;;;2-1?,4-3+;;;;;;;;;;;;;/t;6-;;;;;;;;;;;;;;;/m.0.............../s1. The summed E-state index contributed by atoms with van der Waals surface area (Å²) in [5.74, 6) is 19.5. The molecule has 0 aliphatic heterocycles. The number of carbonyl (C=O) groups is 2. The molecule has 0 heterocycles. The lowest BCUT2D eigenvalue weighted by Crippen LogP contribution is -2.42. The highest BCUT2D eigenvalue weighted by Crippen LogP contribution is 2.02. The van der Waals surface area contributed by atoms with Crippen molar-refractivity contribution in [2.24, 2.45) is 21.5 Å². The van der Waals surface area contributed by atoms with Crippen molar-refractivity contribution in [1.82, 2.24) is 4.90 Å². The highest BCUT2D eigenvalue weighted by atomic mass is 31.1. The first-order chi connectivity index (χ1) is 23.4. The van der Waals surface area contributed by atoms with Crippen molar-refractivity contribution in [3.63, 3.8) is 0 Å². The number of carboxylic acids is 2. The molecule has 0 saturated heterocycles. The molecule has 26 nitrogen and oxygen atoms in total. The summed E-state index contributed by atoms with van der Waals surface area (Å²) in [5, 5.41) is 73.7. The molecular formula is C22H56N8O18P2. The Morgan fingerprint density at radius 2 is 1.52 bits per heavy atom. The van der Waals surface area contributed by atoms with E-state index in [1.54, 1.807) is 16.4 Å². The fourth-order valence-corrected chi connectivity index (χ4v) is 1.60. The Hall–Kier alpha value is -4.98. The molecule has 0 aliphatic rings. The summed E-state index contributed by atoms with van der Waals surface area (Å²) in [6, 6.07) is 0. The highest BCUT2D eigenvalue weighted by Gasteiger charge is 2.17. The average molecular weight is 783 g/mol. The molecule has 7 N–H and O–H groups in total. The van der Waals surface area contributed by atoms with Crippen LogP contribution in [0.3, 0.4) is 0 Å². The SMILES string of the molecule is C#CC#CC#CC#CC#CC.CN(CC(=O)[O-])C(=N)N.C[N+](C)(C)C[C@@H](O)CC(=O)O.N=N/N=N/OOOOOOOOOP.O=[P+]([O-])OO.[HH].[HH].[HH].[HH].[HH].[HH].[HH].[HH].[HH].[HH].[HH].[HH]. The molecule has 0 fully saturated rings. The van der Waals surface area contributed by atoms with Crippen molar-refractivity contribution < 1.29 is 111 Å². The fraction of sp³-hybridized carbons (Fsp3) is 0.409. The number of nitrogens with zero attached hydrogens (tertiary/aromatic N) is 5. The Bertz CT molecular complexity index is 1340. The zero-order valence-corrected chi connectivity index (χ0v) is 28.6. The molecule has 0 aromatic rings. The fourth-order valence-electron chi connectivity index (χ4n) is 1.56. The third kappa shape index (κ3) is 69.7. The van der Waals surface area contributed by atoms with Crippen molar-refractivity contribution in [3.8, 4) is 59.7 Å². The second kappa shape index (κ2) is 42.0. The number of carbonyl (C=O) groups excluding carboxylic acids is 1. The molecule has 0 rings (SSSR count). The summed E-state index contributed by atoms with van der Waals surface area (Å²) in [5.41, 5.74) is 11.0. The van der Waals surface area contributed by atoms with E-state index >= 15 is 0 Å². The molecule has 0 amide bonds. The number of nitrogens with one attached hydrogen (secondary N) is 2. The first-order valence-corrected chi connectivity index (χ1v) is 13.3. The number of hydrogen-bond donors (Lipinski definition) is 6. The number of hydrogen-bond acceptors (Lipinski definition) is 20. The number of aliphatic hydroxyl groups excluding tert-OH is 1. The molecule has 0 aliphatic carbocycles. The van der Waals surface area contributed by atoms with Crippen LogP contribution in [0.4, 0.5) is 0 Å². The molecule has 2 unspecified atom stereocenters. The lowest BCUT2D eigenvalue weighted by molar-refractivity contribution is -0.873. The van der Waals surface area contributed by atoms with E-state index in [-0.39, 0.29) is 36.0 Å². The second-order valence-corrected chi connectivity index (χ2v) is 8.63. The first-order valence-electron chi connectivity index (χ1n) is 11.7. The van der Waals surface area contributed by atoms with Crippen LogP contribution < -0.4 is 15.7 Å². The molecule has 0 bridgehead atoms. The maximum atomic E-state index is 10.1. The lowest BCUT2D eigenvalue weighted by atomic mass is 10.2. The van der Waals surface area contributed by atoms with Crippen molar-refractivity contribution in [3.05, 3.63) is 0 Å². The highest BCUT2D eigenvalue weighted by molar-refractivity contribution is 7.30. The van der Waals surface area contributed by atoms with Crippen molar-refractivity contribution in [2.45, 2.75) is 19.4 Å². The van der Waals surface area contributed by atoms with Crippen molar-refractivity contribution >= 4 is 35.6 Å². The minimum Gasteiger partial charge on any atom is -0.565 e. The normalized spacial score (nSPS) is 9.64. The monoisotopic (exact) mass is 782 g/mol. The van der Waals surface area contributed by atoms with Gasteiger partial charge < -0.3 is 40.1 Å². The Labute approximate surface area is 305 Å². The van der Waals surface area contributed by atoms with Crippen LogP contribution in [0.15, 0.2) is 15.7 Å². The summed E-state index contributed by atoms with van der Waals surface area (Å²) in [6.45, 7) is 1.84. The number of aliphatic carboxylic acids is 2. The van der Waals surface area contributed by atoms with Crippen LogP contribution in [0.1, 0.15) is 30.5 Å². The van der Waals surface area contributed by atoms with Gasteiger partial charge in [0.15, 0.2) is 5.96 Å². The maximum Gasteiger partial charge on any atom is 0.521 e. The van der Waals surface area contributed by atoms with Crippen LogP contribution in [-0.2, 0) is 63.8 Å². The van der Waals surface area contributed by atoms with E-state index in [0.29, 0.717) is 11.0 Å². The van der Waals surface area contributed by atoms with Gasteiger partial charge in [-0.1, -0.05) is 5.92 Å². The number of carboxylic acid groups (broad SMARTS) is 2. The van der Waals surface area contributed by atoms with Crippen LogP contribution in [-0.4, -0.2) is 90.1 Å². The summed E-state index contributed by atoms with van der Waals surface area (Å²) in [6.07, 6.45) is 3.93. The van der Waals surface area contributed by atoms with Gasteiger partial charge in [0, 0.05) is 63.7 Å². The Morgan fingerprint density at radius 3 is 1.86 bits per heavy atom. The van der Waals surface area contributed by atoms with Crippen LogP contribution in [0.25, 0.3) is 0 Å². The van der Waals surface area contributed by atoms with E-state index in [2.05, 4.69) is 119 Å². The number of aliphatic hydroxyl groups is 1. The zero-order chi connectivity index (χ0) is 39.6.